The monoisotopic (exact) mass is 413 g/mol. The highest BCUT2D eigenvalue weighted by molar-refractivity contribution is 5.79. The Labute approximate surface area is 182 Å². The van der Waals surface area contributed by atoms with E-state index in [-0.39, 0.29) is 0 Å². The maximum atomic E-state index is 5.57. The molecule has 6 heteroatoms. The van der Waals surface area contributed by atoms with E-state index in [0.29, 0.717) is 12.0 Å². The van der Waals surface area contributed by atoms with Crippen molar-refractivity contribution in [3.63, 3.8) is 0 Å². The highest BCUT2D eigenvalue weighted by atomic mass is 16.5. The van der Waals surface area contributed by atoms with Crippen LogP contribution in [0, 0.1) is 5.92 Å². The number of rotatable bonds is 9. The molecular weight excluding hydrogens is 374 g/mol. The van der Waals surface area contributed by atoms with Gasteiger partial charge in [-0.15, -0.1) is 0 Å². The van der Waals surface area contributed by atoms with E-state index in [1.165, 1.54) is 24.1 Å². The van der Waals surface area contributed by atoms with Crippen molar-refractivity contribution in [1.82, 2.24) is 15.5 Å². The molecule has 1 aromatic carbocycles. The molecule has 1 atom stereocenters. The standard InChI is InChI=1S/C24H39N5O/c1-4-21(5-2)23(29-13-15-30-16-14-29)19-27-24(25-3)26-18-20-9-8-10-22(17-20)28-11-6-7-12-28/h6-10,17,21,23H,4-5,11-16,18-19H2,1-3H3,(H2,25,26,27). The van der Waals surface area contributed by atoms with Gasteiger partial charge in [0.1, 0.15) is 0 Å². The Morgan fingerprint density at radius 2 is 1.83 bits per heavy atom. The van der Waals surface area contributed by atoms with Gasteiger partial charge in [-0.1, -0.05) is 51.0 Å². The van der Waals surface area contributed by atoms with E-state index in [0.717, 1.165) is 58.4 Å². The molecule has 1 aromatic rings. The lowest BCUT2D eigenvalue weighted by Crippen LogP contribution is -2.53. The van der Waals surface area contributed by atoms with Crippen LogP contribution in [-0.2, 0) is 11.3 Å². The van der Waals surface area contributed by atoms with Crippen LogP contribution >= 0.6 is 0 Å². The molecule has 1 unspecified atom stereocenters. The lowest BCUT2D eigenvalue weighted by Gasteiger charge is -2.39. The molecule has 2 aliphatic rings. The number of hydrogen-bond donors (Lipinski definition) is 2. The molecular formula is C24H39N5O. The molecule has 0 bridgehead atoms. The van der Waals surface area contributed by atoms with Crippen molar-refractivity contribution in [3.8, 4) is 0 Å². The van der Waals surface area contributed by atoms with Crippen LogP contribution in [0.1, 0.15) is 32.3 Å². The summed E-state index contributed by atoms with van der Waals surface area (Å²) >= 11 is 0. The fourth-order valence-corrected chi connectivity index (χ4v) is 4.50. The van der Waals surface area contributed by atoms with Gasteiger partial charge in [0.2, 0.25) is 0 Å². The maximum Gasteiger partial charge on any atom is 0.191 e. The predicted octanol–water partition coefficient (Wildman–Crippen LogP) is 2.86. The molecule has 0 spiro atoms. The normalized spacial score (nSPS) is 18.8. The topological polar surface area (TPSA) is 52.1 Å². The van der Waals surface area contributed by atoms with Crippen molar-refractivity contribution in [2.75, 3.05) is 57.9 Å². The van der Waals surface area contributed by atoms with E-state index in [1.807, 2.05) is 7.05 Å². The van der Waals surface area contributed by atoms with Gasteiger partial charge in [-0.25, -0.2) is 0 Å². The van der Waals surface area contributed by atoms with Crippen LogP contribution in [0.5, 0.6) is 0 Å². The van der Waals surface area contributed by atoms with Crippen LogP contribution in [0.3, 0.4) is 0 Å². The summed E-state index contributed by atoms with van der Waals surface area (Å²) in [7, 11) is 1.85. The second-order valence-corrected chi connectivity index (χ2v) is 8.15. The van der Waals surface area contributed by atoms with Crippen LogP contribution in [0.4, 0.5) is 5.69 Å². The zero-order valence-electron chi connectivity index (χ0n) is 18.9. The van der Waals surface area contributed by atoms with Crippen LogP contribution in [-0.4, -0.2) is 69.9 Å². The molecule has 0 amide bonds. The zero-order valence-corrected chi connectivity index (χ0v) is 18.9. The van der Waals surface area contributed by atoms with Crippen LogP contribution in [0.2, 0.25) is 0 Å². The molecule has 30 heavy (non-hydrogen) atoms. The minimum absolute atomic E-state index is 0.508. The lowest BCUT2D eigenvalue weighted by atomic mass is 9.92. The fraction of sp³-hybridized carbons (Fsp3) is 0.625. The second-order valence-electron chi connectivity index (χ2n) is 8.15. The largest absolute Gasteiger partial charge is 0.379 e. The van der Waals surface area contributed by atoms with E-state index in [9.17, 15) is 0 Å². The molecule has 2 heterocycles. The third-order valence-electron chi connectivity index (χ3n) is 6.36. The Hall–Kier alpha value is -2.05. The maximum absolute atomic E-state index is 5.57. The average Bonchev–Trinajstić information content (AvgIpc) is 3.34. The van der Waals surface area contributed by atoms with E-state index < -0.39 is 0 Å². The highest BCUT2D eigenvalue weighted by Gasteiger charge is 2.27. The Morgan fingerprint density at radius 3 is 2.50 bits per heavy atom. The van der Waals surface area contributed by atoms with Gasteiger partial charge in [-0.3, -0.25) is 9.89 Å². The number of aliphatic imine (C=N–C) groups is 1. The van der Waals surface area contributed by atoms with Crippen molar-refractivity contribution in [3.05, 3.63) is 42.0 Å². The summed E-state index contributed by atoms with van der Waals surface area (Å²) in [6.07, 6.45) is 6.84. The third-order valence-corrected chi connectivity index (χ3v) is 6.36. The smallest absolute Gasteiger partial charge is 0.191 e. The van der Waals surface area contributed by atoms with Gasteiger partial charge in [0.15, 0.2) is 5.96 Å². The summed E-state index contributed by atoms with van der Waals surface area (Å²) in [4.78, 5) is 9.43. The fourth-order valence-electron chi connectivity index (χ4n) is 4.50. The summed E-state index contributed by atoms with van der Waals surface area (Å²) in [6.45, 7) is 12.0. The quantitative estimate of drug-likeness (QED) is 0.370. The summed E-state index contributed by atoms with van der Waals surface area (Å²) in [5, 5.41) is 7.09. The van der Waals surface area contributed by atoms with Gasteiger partial charge in [-0.2, -0.15) is 0 Å². The van der Waals surface area contributed by atoms with E-state index >= 15 is 0 Å². The first kappa shape index (κ1) is 22.6. The van der Waals surface area contributed by atoms with Crippen molar-refractivity contribution in [1.29, 1.82) is 0 Å². The number of nitrogens with zero attached hydrogens (tertiary/aromatic N) is 3. The first-order valence-corrected chi connectivity index (χ1v) is 11.5. The number of nitrogens with one attached hydrogen (secondary N) is 2. The first-order valence-electron chi connectivity index (χ1n) is 11.5. The van der Waals surface area contributed by atoms with Gasteiger partial charge >= 0.3 is 0 Å². The molecule has 0 saturated carbocycles. The van der Waals surface area contributed by atoms with Crippen molar-refractivity contribution in [2.45, 2.75) is 39.3 Å². The highest BCUT2D eigenvalue weighted by Crippen LogP contribution is 2.20. The van der Waals surface area contributed by atoms with Gasteiger partial charge in [0.25, 0.3) is 0 Å². The number of morpholine rings is 1. The minimum Gasteiger partial charge on any atom is -0.379 e. The summed E-state index contributed by atoms with van der Waals surface area (Å²) in [5.41, 5.74) is 2.55. The van der Waals surface area contributed by atoms with Crippen LogP contribution < -0.4 is 15.5 Å². The lowest BCUT2D eigenvalue weighted by molar-refractivity contribution is 0.00272. The summed E-state index contributed by atoms with van der Waals surface area (Å²) in [6, 6.07) is 9.28. The van der Waals surface area contributed by atoms with E-state index in [4.69, 9.17) is 4.74 Å². The van der Waals surface area contributed by atoms with Gasteiger partial charge < -0.3 is 20.3 Å². The van der Waals surface area contributed by atoms with Gasteiger partial charge in [0, 0.05) is 58.0 Å². The SMILES string of the molecule is CCC(CC)C(CNC(=NC)NCc1cccc(N2CC=CC2)c1)N1CCOCC1. The molecule has 3 rings (SSSR count). The Kier molecular flexibility index (Phi) is 9.02. The number of ether oxygens (including phenoxy) is 1. The Morgan fingerprint density at radius 1 is 1.10 bits per heavy atom. The number of hydrogen-bond acceptors (Lipinski definition) is 4. The predicted molar refractivity (Wildman–Crippen MR) is 126 cm³/mol. The molecule has 6 nitrogen and oxygen atoms in total. The second kappa shape index (κ2) is 12.0. The van der Waals surface area contributed by atoms with Crippen molar-refractivity contribution in [2.24, 2.45) is 10.9 Å². The minimum atomic E-state index is 0.508. The number of anilines is 1. The summed E-state index contributed by atoms with van der Waals surface area (Å²) in [5.74, 6) is 1.55. The Bertz CT molecular complexity index is 687. The van der Waals surface area contributed by atoms with E-state index in [2.05, 4.69) is 75.7 Å². The zero-order chi connectivity index (χ0) is 21.2. The van der Waals surface area contributed by atoms with Crippen LogP contribution in [0.25, 0.3) is 0 Å². The van der Waals surface area contributed by atoms with Crippen molar-refractivity contribution >= 4 is 11.6 Å². The first-order chi connectivity index (χ1) is 14.7. The average molecular weight is 414 g/mol. The molecule has 0 aliphatic carbocycles. The van der Waals surface area contributed by atoms with Gasteiger partial charge in [0.05, 0.1) is 13.2 Å². The molecule has 1 fully saturated rings. The number of benzene rings is 1. The molecule has 166 valence electrons. The van der Waals surface area contributed by atoms with E-state index in [1.54, 1.807) is 0 Å². The Balaban J connectivity index is 1.54. The van der Waals surface area contributed by atoms with Gasteiger partial charge in [-0.05, 0) is 23.6 Å². The molecule has 2 aliphatic heterocycles. The summed E-state index contributed by atoms with van der Waals surface area (Å²) < 4.78 is 5.57. The van der Waals surface area contributed by atoms with Crippen molar-refractivity contribution < 1.29 is 4.74 Å². The molecule has 2 N–H and O–H groups in total. The number of guanidine groups is 1. The van der Waals surface area contributed by atoms with Crippen LogP contribution in [0.15, 0.2) is 41.4 Å². The third kappa shape index (κ3) is 6.22. The molecule has 0 aromatic heterocycles. The molecule has 0 radical (unpaired) electrons. The molecule has 1 saturated heterocycles.